The second-order valence-corrected chi connectivity index (χ2v) is 5.19. The lowest BCUT2D eigenvalue weighted by atomic mass is 10.0. The summed E-state index contributed by atoms with van der Waals surface area (Å²) in [5, 5.41) is 5.93. The lowest BCUT2D eigenvalue weighted by Gasteiger charge is -2.19. The van der Waals surface area contributed by atoms with Crippen molar-refractivity contribution in [2.75, 3.05) is 13.2 Å². The number of fused-ring (bicyclic) bond motifs is 1. The molecular weight excluding hydrogens is 246 g/mol. The molecule has 2 aromatic rings. The fourth-order valence-corrected chi connectivity index (χ4v) is 2.50. The Hall–Kier alpha value is -1.54. The summed E-state index contributed by atoms with van der Waals surface area (Å²) in [5.74, 6) is 1.05. The molecule has 0 saturated carbocycles. The zero-order valence-electron chi connectivity index (χ0n) is 12.8. The van der Waals surface area contributed by atoms with Gasteiger partial charge in [-0.05, 0) is 25.3 Å². The number of benzene rings is 2. The first-order valence-electron chi connectivity index (χ1n) is 7.65. The molecule has 0 fully saturated rings. The predicted octanol–water partition coefficient (Wildman–Crippen LogP) is 4.69. The van der Waals surface area contributed by atoms with E-state index in [1.165, 1.54) is 16.3 Å². The highest BCUT2D eigenvalue weighted by molar-refractivity contribution is 5.89. The van der Waals surface area contributed by atoms with Crippen molar-refractivity contribution in [2.24, 2.45) is 0 Å². The lowest BCUT2D eigenvalue weighted by Crippen LogP contribution is -2.18. The van der Waals surface area contributed by atoms with Gasteiger partial charge in [0.1, 0.15) is 5.75 Å². The molecule has 0 radical (unpaired) electrons. The van der Waals surface area contributed by atoms with Crippen LogP contribution in [0.1, 0.15) is 45.2 Å². The normalized spacial score (nSPS) is 12.6. The zero-order valence-corrected chi connectivity index (χ0v) is 12.8. The Bertz CT molecular complexity index is 550. The third kappa shape index (κ3) is 3.31. The molecule has 0 spiro atoms. The molecule has 1 atom stereocenters. The molecule has 0 bridgehead atoms. The molecule has 0 aliphatic carbocycles. The number of nitrogens with one attached hydrogen (secondary N) is 1. The number of rotatable bonds is 7. The van der Waals surface area contributed by atoms with Gasteiger partial charge in [0.2, 0.25) is 0 Å². The third-order valence-electron chi connectivity index (χ3n) is 3.63. The molecule has 2 nitrogen and oxygen atoms in total. The molecule has 0 amide bonds. The van der Waals surface area contributed by atoms with Gasteiger partial charge in [0, 0.05) is 17.0 Å². The van der Waals surface area contributed by atoms with Crippen LogP contribution in [0.2, 0.25) is 0 Å². The van der Waals surface area contributed by atoms with Gasteiger partial charge in [0.05, 0.1) is 6.61 Å². The monoisotopic (exact) mass is 271 g/mol. The van der Waals surface area contributed by atoms with Crippen molar-refractivity contribution in [3.8, 4) is 5.75 Å². The van der Waals surface area contributed by atoms with E-state index in [2.05, 4.69) is 62.5 Å². The van der Waals surface area contributed by atoms with Crippen molar-refractivity contribution in [3.05, 3.63) is 42.0 Å². The minimum absolute atomic E-state index is 0.307. The molecule has 1 unspecified atom stereocenters. The van der Waals surface area contributed by atoms with E-state index >= 15 is 0 Å². The average Bonchev–Trinajstić information content (AvgIpc) is 2.47. The molecule has 0 aromatic heterocycles. The standard InChI is InChI=1S/C18H25NO/c1-4-6-13-20-18-16(14(3)19-5-2)12-11-15-9-7-8-10-17(15)18/h7-12,14,19H,4-6,13H2,1-3H3. The van der Waals surface area contributed by atoms with Gasteiger partial charge < -0.3 is 10.1 Å². The molecule has 0 saturated heterocycles. The second kappa shape index (κ2) is 7.30. The topological polar surface area (TPSA) is 21.3 Å². The SMILES string of the molecule is CCCCOc1c(C(C)NCC)ccc2ccccc12. The Morgan fingerprint density at radius 3 is 2.65 bits per heavy atom. The van der Waals surface area contributed by atoms with E-state index in [4.69, 9.17) is 4.74 Å². The summed E-state index contributed by atoms with van der Waals surface area (Å²) >= 11 is 0. The maximum absolute atomic E-state index is 6.12. The molecule has 0 aliphatic rings. The molecular formula is C18H25NO. The molecule has 0 heterocycles. The summed E-state index contributed by atoms with van der Waals surface area (Å²) in [4.78, 5) is 0. The van der Waals surface area contributed by atoms with Crippen LogP contribution in [0.15, 0.2) is 36.4 Å². The van der Waals surface area contributed by atoms with E-state index in [0.29, 0.717) is 6.04 Å². The Morgan fingerprint density at radius 1 is 1.10 bits per heavy atom. The van der Waals surface area contributed by atoms with Gasteiger partial charge in [-0.3, -0.25) is 0 Å². The summed E-state index contributed by atoms with van der Waals surface area (Å²) in [6.07, 6.45) is 2.25. The number of unbranched alkanes of at least 4 members (excludes halogenated alkanes) is 1. The highest BCUT2D eigenvalue weighted by Crippen LogP contribution is 2.33. The Kier molecular flexibility index (Phi) is 5.42. The number of ether oxygens (including phenoxy) is 1. The van der Waals surface area contributed by atoms with Gasteiger partial charge >= 0.3 is 0 Å². The fraction of sp³-hybridized carbons (Fsp3) is 0.444. The predicted molar refractivity (Wildman–Crippen MR) is 86.4 cm³/mol. The summed E-state index contributed by atoms with van der Waals surface area (Å²) in [6.45, 7) is 8.27. The van der Waals surface area contributed by atoms with Crippen molar-refractivity contribution in [2.45, 2.75) is 39.7 Å². The van der Waals surface area contributed by atoms with Crippen molar-refractivity contribution >= 4 is 10.8 Å². The maximum atomic E-state index is 6.12. The van der Waals surface area contributed by atoms with Crippen LogP contribution in [0.4, 0.5) is 0 Å². The van der Waals surface area contributed by atoms with Crippen molar-refractivity contribution in [1.82, 2.24) is 5.32 Å². The van der Waals surface area contributed by atoms with Gasteiger partial charge in [0.15, 0.2) is 0 Å². The molecule has 2 rings (SSSR count). The first kappa shape index (κ1) is 14.9. The van der Waals surface area contributed by atoms with Crippen LogP contribution in [-0.2, 0) is 0 Å². The largest absolute Gasteiger partial charge is 0.493 e. The van der Waals surface area contributed by atoms with Gasteiger partial charge in [-0.25, -0.2) is 0 Å². The van der Waals surface area contributed by atoms with Crippen LogP contribution < -0.4 is 10.1 Å². The van der Waals surface area contributed by atoms with Gasteiger partial charge in [-0.15, -0.1) is 0 Å². The van der Waals surface area contributed by atoms with Crippen LogP contribution in [0.5, 0.6) is 5.75 Å². The summed E-state index contributed by atoms with van der Waals surface area (Å²) < 4.78 is 6.12. The Morgan fingerprint density at radius 2 is 1.90 bits per heavy atom. The third-order valence-corrected chi connectivity index (χ3v) is 3.63. The molecule has 1 N–H and O–H groups in total. The average molecular weight is 271 g/mol. The summed E-state index contributed by atoms with van der Waals surface area (Å²) in [7, 11) is 0. The van der Waals surface area contributed by atoms with E-state index in [1.54, 1.807) is 0 Å². The lowest BCUT2D eigenvalue weighted by molar-refractivity contribution is 0.307. The van der Waals surface area contributed by atoms with Gasteiger partial charge in [0.25, 0.3) is 0 Å². The van der Waals surface area contributed by atoms with Crippen LogP contribution in [0.25, 0.3) is 10.8 Å². The molecule has 20 heavy (non-hydrogen) atoms. The smallest absolute Gasteiger partial charge is 0.131 e. The van der Waals surface area contributed by atoms with E-state index < -0.39 is 0 Å². The van der Waals surface area contributed by atoms with Crippen LogP contribution in [0, 0.1) is 0 Å². The minimum Gasteiger partial charge on any atom is -0.493 e. The maximum Gasteiger partial charge on any atom is 0.131 e. The molecule has 108 valence electrons. The van der Waals surface area contributed by atoms with E-state index in [0.717, 1.165) is 31.7 Å². The summed E-state index contributed by atoms with van der Waals surface area (Å²) in [5.41, 5.74) is 1.25. The van der Waals surface area contributed by atoms with E-state index in [9.17, 15) is 0 Å². The number of hydrogen-bond donors (Lipinski definition) is 1. The van der Waals surface area contributed by atoms with Crippen molar-refractivity contribution < 1.29 is 4.74 Å². The quantitative estimate of drug-likeness (QED) is 0.738. The van der Waals surface area contributed by atoms with Crippen LogP contribution in [-0.4, -0.2) is 13.2 Å². The van der Waals surface area contributed by atoms with Gasteiger partial charge in [-0.1, -0.05) is 56.7 Å². The number of hydrogen-bond acceptors (Lipinski definition) is 2. The fourth-order valence-electron chi connectivity index (χ4n) is 2.50. The minimum atomic E-state index is 0.307. The second-order valence-electron chi connectivity index (χ2n) is 5.19. The zero-order chi connectivity index (χ0) is 14.4. The van der Waals surface area contributed by atoms with Crippen LogP contribution in [0.3, 0.4) is 0 Å². The Labute approximate surface area is 122 Å². The van der Waals surface area contributed by atoms with E-state index in [1.807, 2.05) is 0 Å². The first-order chi connectivity index (χ1) is 9.77. The van der Waals surface area contributed by atoms with Crippen molar-refractivity contribution in [3.63, 3.8) is 0 Å². The molecule has 2 heteroatoms. The van der Waals surface area contributed by atoms with Gasteiger partial charge in [-0.2, -0.15) is 0 Å². The first-order valence-corrected chi connectivity index (χ1v) is 7.65. The Balaban J connectivity index is 2.41. The van der Waals surface area contributed by atoms with Crippen LogP contribution >= 0.6 is 0 Å². The molecule has 0 aliphatic heterocycles. The van der Waals surface area contributed by atoms with Crippen molar-refractivity contribution in [1.29, 1.82) is 0 Å². The highest BCUT2D eigenvalue weighted by atomic mass is 16.5. The highest BCUT2D eigenvalue weighted by Gasteiger charge is 2.14. The van der Waals surface area contributed by atoms with E-state index in [-0.39, 0.29) is 0 Å². The summed E-state index contributed by atoms with van der Waals surface area (Å²) in [6, 6.07) is 13.1. The molecule has 2 aromatic carbocycles.